The third-order valence-corrected chi connectivity index (χ3v) is 4.01. The monoisotopic (exact) mass is 423 g/mol. The van der Waals surface area contributed by atoms with Crippen LogP contribution in [0.2, 0.25) is 0 Å². The number of hydrogen-bond acceptors (Lipinski definition) is 5. The van der Waals surface area contributed by atoms with Gasteiger partial charge in [-0.25, -0.2) is 10.3 Å². The molecule has 0 fully saturated rings. The highest BCUT2D eigenvalue weighted by atomic mass is 79.9. The number of nitrogens with one attached hydrogen (secondary N) is 1. The van der Waals surface area contributed by atoms with Crippen molar-refractivity contribution in [2.75, 3.05) is 5.48 Å². The summed E-state index contributed by atoms with van der Waals surface area (Å²) in [5.41, 5.74) is 4.54. The summed E-state index contributed by atoms with van der Waals surface area (Å²) >= 11 is 3.31. The van der Waals surface area contributed by atoms with Gasteiger partial charge in [0.1, 0.15) is 0 Å². The lowest BCUT2D eigenvalue weighted by Gasteiger charge is -2.06. The summed E-state index contributed by atoms with van der Waals surface area (Å²) in [5, 5.41) is 7.62. The van der Waals surface area contributed by atoms with E-state index in [1.54, 1.807) is 72.8 Å². The topological polar surface area (TPSA) is 80.1 Å². The van der Waals surface area contributed by atoms with Gasteiger partial charge in [-0.1, -0.05) is 34.1 Å². The molecule has 0 heterocycles. The van der Waals surface area contributed by atoms with Crippen molar-refractivity contribution < 1.29 is 14.4 Å². The molecule has 0 aliphatic rings. The van der Waals surface area contributed by atoms with Crippen molar-refractivity contribution in [2.24, 2.45) is 10.2 Å². The van der Waals surface area contributed by atoms with Crippen molar-refractivity contribution in [2.45, 2.75) is 0 Å². The van der Waals surface area contributed by atoms with E-state index in [9.17, 15) is 9.59 Å². The fourth-order valence-corrected chi connectivity index (χ4v) is 2.35. The number of halogens is 1. The first-order chi connectivity index (χ1) is 13.1. The summed E-state index contributed by atoms with van der Waals surface area (Å²) < 4.78 is 0.882. The number of carbonyl (C=O) groups excluding carboxylic acids is 2. The molecule has 0 bridgehead atoms. The Hall–Kier alpha value is -3.32. The van der Waals surface area contributed by atoms with Crippen LogP contribution in [0.5, 0.6) is 0 Å². The van der Waals surface area contributed by atoms with E-state index in [2.05, 4.69) is 31.6 Å². The van der Waals surface area contributed by atoms with Crippen molar-refractivity contribution in [3.05, 3.63) is 94.5 Å². The largest absolute Gasteiger partial charge is 0.362 e. The predicted molar refractivity (Wildman–Crippen MR) is 105 cm³/mol. The molecule has 134 valence electrons. The highest BCUT2D eigenvalue weighted by Gasteiger charge is 2.06. The van der Waals surface area contributed by atoms with Gasteiger partial charge < -0.3 is 4.84 Å². The lowest BCUT2D eigenvalue weighted by molar-refractivity contribution is 0.0596. The molecule has 3 rings (SSSR count). The van der Waals surface area contributed by atoms with Gasteiger partial charge in [0.2, 0.25) is 0 Å². The first-order valence-corrected chi connectivity index (χ1v) is 8.75. The summed E-state index contributed by atoms with van der Waals surface area (Å²) in [6.07, 6.45) is 0. The van der Waals surface area contributed by atoms with Crippen molar-refractivity contribution in [1.29, 1.82) is 0 Å². The smallest absolute Gasteiger partial charge is 0.338 e. The van der Waals surface area contributed by atoms with Gasteiger partial charge in [-0.05, 0) is 60.7 Å². The number of amides is 1. The van der Waals surface area contributed by atoms with Crippen LogP contribution in [-0.2, 0) is 4.84 Å². The maximum Gasteiger partial charge on any atom is 0.362 e. The summed E-state index contributed by atoms with van der Waals surface area (Å²) in [4.78, 5) is 28.8. The minimum Gasteiger partial charge on any atom is -0.338 e. The van der Waals surface area contributed by atoms with Gasteiger partial charge in [0.15, 0.2) is 0 Å². The lowest BCUT2D eigenvalue weighted by atomic mass is 10.2. The Morgan fingerprint density at radius 2 is 1.48 bits per heavy atom. The predicted octanol–water partition coefficient (Wildman–Crippen LogP) is 5.56. The van der Waals surface area contributed by atoms with Gasteiger partial charge in [0.25, 0.3) is 5.91 Å². The second-order valence-electron chi connectivity index (χ2n) is 5.42. The Morgan fingerprint density at radius 1 is 0.815 bits per heavy atom. The molecule has 0 saturated carbocycles. The average Bonchev–Trinajstić information content (AvgIpc) is 2.72. The molecule has 1 amide bonds. The van der Waals surface area contributed by atoms with Crippen LogP contribution >= 0.6 is 15.9 Å². The molecule has 6 nitrogen and oxygen atoms in total. The zero-order valence-electron chi connectivity index (χ0n) is 14.0. The number of nitrogens with zero attached hydrogens (tertiary/aromatic N) is 2. The average molecular weight is 424 g/mol. The lowest BCUT2D eigenvalue weighted by Crippen LogP contribution is -2.10. The van der Waals surface area contributed by atoms with E-state index in [4.69, 9.17) is 4.84 Å². The Labute approximate surface area is 164 Å². The number of hydrogen-bond donors (Lipinski definition) is 1. The van der Waals surface area contributed by atoms with Gasteiger partial charge in [-0.15, -0.1) is 10.2 Å². The minimum absolute atomic E-state index is 0.429. The molecule has 0 aromatic heterocycles. The Morgan fingerprint density at radius 3 is 2.15 bits per heavy atom. The molecule has 0 spiro atoms. The van der Waals surface area contributed by atoms with E-state index in [1.807, 2.05) is 6.07 Å². The molecule has 1 N–H and O–H groups in total. The molecular formula is C20H14BrN3O3. The van der Waals surface area contributed by atoms with Gasteiger partial charge in [-0.3, -0.25) is 4.79 Å². The highest BCUT2D eigenvalue weighted by molar-refractivity contribution is 9.10. The molecule has 0 aliphatic heterocycles. The first kappa shape index (κ1) is 18.5. The summed E-state index contributed by atoms with van der Waals surface area (Å²) in [7, 11) is 0. The van der Waals surface area contributed by atoms with Crippen LogP contribution in [0.3, 0.4) is 0 Å². The zero-order valence-corrected chi connectivity index (χ0v) is 15.6. The SMILES string of the molecule is O=C(N=Nc1ccc(NOC(=O)c2ccccc2)cc1)c1ccc(Br)cc1. The number of rotatable bonds is 5. The first-order valence-electron chi connectivity index (χ1n) is 7.96. The molecule has 7 heteroatoms. The number of anilines is 1. The van der Waals surface area contributed by atoms with E-state index in [1.165, 1.54) is 0 Å². The third-order valence-electron chi connectivity index (χ3n) is 3.49. The number of carbonyl (C=O) groups is 2. The van der Waals surface area contributed by atoms with E-state index in [0.717, 1.165) is 4.47 Å². The fourth-order valence-electron chi connectivity index (χ4n) is 2.09. The van der Waals surface area contributed by atoms with Gasteiger partial charge >= 0.3 is 5.97 Å². The highest BCUT2D eigenvalue weighted by Crippen LogP contribution is 2.18. The summed E-state index contributed by atoms with van der Waals surface area (Å²) in [5.74, 6) is -0.916. The molecule has 0 radical (unpaired) electrons. The standard InChI is InChI=1S/C20H14BrN3O3/c21-16-8-6-14(7-9-16)19(25)23-22-17-10-12-18(13-11-17)24-27-20(26)15-4-2-1-3-5-15/h1-13,24H. The van der Waals surface area contributed by atoms with Gasteiger partial charge in [0.05, 0.1) is 16.9 Å². The Bertz CT molecular complexity index is 956. The van der Waals surface area contributed by atoms with Crippen LogP contribution in [0.25, 0.3) is 0 Å². The Balaban J connectivity index is 1.56. The quantitative estimate of drug-likeness (QED) is 0.430. The molecule has 27 heavy (non-hydrogen) atoms. The molecule has 3 aromatic rings. The van der Waals surface area contributed by atoms with Gasteiger partial charge in [-0.2, -0.15) is 0 Å². The molecule has 0 unspecified atom stereocenters. The molecule has 0 aliphatic carbocycles. The van der Waals surface area contributed by atoms with Crippen molar-refractivity contribution in [3.63, 3.8) is 0 Å². The molecular weight excluding hydrogens is 410 g/mol. The molecule has 3 aromatic carbocycles. The van der Waals surface area contributed by atoms with E-state index >= 15 is 0 Å². The van der Waals surface area contributed by atoms with Crippen molar-refractivity contribution in [1.82, 2.24) is 0 Å². The van der Waals surface area contributed by atoms with E-state index < -0.39 is 11.9 Å². The normalized spacial score (nSPS) is 10.6. The van der Waals surface area contributed by atoms with Crippen LogP contribution < -0.4 is 5.48 Å². The summed E-state index contributed by atoms with van der Waals surface area (Å²) in [6.45, 7) is 0. The summed E-state index contributed by atoms with van der Waals surface area (Å²) in [6, 6.07) is 22.1. The van der Waals surface area contributed by atoms with Crippen molar-refractivity contribution >= 4 is 39.2 Å². The fraction of sp³-hybridized carbons (Fsp3) is 0. The van der Waals surface area contributed by atoms with Crippen molar-refractivity contribution in [3.8, 4) is 0 Å². The van der Waals surface area contributed by atoms with Crippen LogP contribution in [0.1, 0.15) is 20.7 Å². The number of azo groups is 1. The zero-order chi connectivity index (χ0) is 19.1. The molecule has 0 atom stereocenters. The van der Waals surface area contributed by atoms with Crippen LogP contribution in [0, 0.1) is 0 Å². The number of benzene rings is 3. The Kier molecular flexibility index (Phi) is 6.06. The minimum atomic E-state index is -0.487. The van der Waals surface area contributed by atoms with E-state index in [0.29, 0.717) is 22.5 Å². The van der Waals surface area contributed by atoms with Crippen LogP contribution in [0.4, 0.5) is 11.4 Å². The maximum absolute atomic E-state index is 12.0. The van der Waals surface area contributed by atoms with E-state index in [-0.39, 0.29) is 0 Å². The third kappa shape index (κ3) is 5.32. The van der Waals surface area contributed by atoms with Crippen LogP contribution in [0.15, 0.2) is 93.6 Å². The second kappa shape index (κ2) is 8.86. The molecule has 0 saturated heterocycles. The second-order valence-corrected chi connectivity index (χ2v) is 6.33. The van der Waals surface area contributed by atoms with Gasteiger partial charge in [0, 0.05) is 10.0 Å². The van der Waals surface area contributed by atoms with Crippen LogP contribution in [-0.4, -0.2) is 11.9 Å². The maximum atomic E-state index is 12.0.